The normalized spacial score (nSPS) is 24.9. The minimum atomic E-state index is -0.532. The van der Waals surface area contributed by atoms with E-state index in [0.717, 1.165) is 6.42 Å². The monoisotopic (exact) mass is 398 g/mol. The first-order valence-electron chi connectivity index (χ1n) is 8.52. The zero-order valence-corrected chi connectivity index (χ0v) is 15.7. The molecule has 2 heterocycles. The topological polar surface area (TPSA) is 90.5 Å². The third-order valence-corrected chi connectivity index (χ3v) is 5.16. The number of nitrogens with one attached hydrogen (secondary N) is 3. The van der Waals surface area contributed by atoms with Gasteiger partial charge in [0.05, 0.1) is 16.8 Å². The number of rotatable bonds is 4. The summed E-state index contributed by atoms with van der Waals surface area (Å²) >= 11 is 11.9. The lowest BCUT2D eigenvalue weighted by molar-refractivity contribution is -0.147. The van der Waals surface area contributed by atoms with Gasteiger partial charge >= 0.3 is 6.03 Å². The Labute approximate surface area is 161 Å². The maximum absolute atomic E-state index is 12.5. The summed E-state index contributed by atoms with van der Waals surface area (Å²) in [6.07, 6.45) is 1.80. The summed E-state index contributed by atoms with van der Waals surface area (Å²) in [7, 11) is 0. The van der Waals surface area contributed by atoms with Crippen molar-refractivity contribution in [3.63, 3.8) is 0 Å². The third kappa shape index (κ3) is 3.88. The molecule has 2 aliphatic rings. The molecular weight excluding hydrogens is 379 g/mol. The van der Waals surface area contributed by atoms with Gasteiger partial charge in [-0.25, -0.2) is 4.79 Å². The average molecular weight is 399 g/mol. The molecule has 1 aromatic carbocycles. The fourth-order valence-corrected chi connectivity index (χ4v) is 3.72. The van der Waals surface area contributed by atoms with Gasteiger partial charge in [0.15, 0.2) is 0 Å². The van der Waals surface area contributed by atoms with E-state index in [1.54, 1.807) is 23.1 Å². The maximum Gasteiger partial charge on any atom is 0.319 e. The summed E-state index contributed by atoms with van der Waals surface area (Å²) in [6, 6.07) is 2.99. The first-order valence-corrected chi connectivity index (χ1v) is 9.28. The van der Waals surface area contributed by atoms with Gasteiger partial charge in [-0.2, -0.15) is 0 Å². The molecule has 0 saturated carbocycles. The Morgan fingerprint density at radius 1 is 1.35 bits per heavy atom. The number of halogens is 2. The van der Waals surface area contributed by atoms with E-state index in [-0.39, 0.29) is 17.9 Å². The second-order valence-corrected chi connectivity index (χ2v) is 7.36. The molecule has 2 fully saturated rings. The molecule has 2 aliphatic heterocycles. The Kier molecular flexibility index (Phi) is 5.58. The van der Waals surface area contributed by atoms with Crippen molar-refractivity contribution in [2.24, 2.45) is 0 Å². The molecule has 3 rings (SSSR count). The average Bonchev–Trinajstić information content (AvgIpc) is 3.00. The van der Waals surface area contributed by atoms with E-state index >= 15 is 0 Å². The van der Waals surface area contributed by atoms with Crippen LogP contribution in [0.15, 0.2) is 18.2 Å². The van der Waals surface area contributed by atoms with Crippen molar-refractivity contribution in [2.45, 2.75) is 44.3 Å². The molecule has 0 aliphatic carbocycles. The number of fused-ring (bicyclic) bond motifs is 1. The molecule has 140 valence electrons. The van der Waals surface area contributed by atoms with Crippen molar-refractivity contribution in [3.8, 4) is 0 Å². The second kappa shape index (κ2) is 7.72. The van der Waals surface area contributed by atoms with Crippen molar-refractivity contribution in [1.29, 1.82) is 0 Å². The number of amides is 4. The molecule has 2 saturated heterocycles. The van der Waals surface area contributed by atoms with Gasteiger partial charge in [-0.1, -0.05) is 36.5 Å². The van der Waals surface area contributed by atoms with Crippen LogP contribution < -0.4 is 16.0 Å². The van der Waals surface area contributed by atoms with Crippen molar-refractivity contribution >= 4 is 46.7 Å². The quantitative estimate of drug-likeness (QED) is 0.726. The van der Waals surface area contributed by atoms with E-state index < -0.39 is 18.1 Å². The first kappa shape index (κ1) is 18.8. The fourth-order valence-electron chi connectivity index (χ4n) is 3.38. The summed E-state index contributed by atoms with van der Waals surface area (Å²) < 4.78 is 0. The molecule has 0 unspecified atom stereocenters. The highest BCUT2D eigenvalue weighted by molar-refractivity contribution is 6.35. The van der Waals surface area contributed by atoms with Gasteiger partial charge < -0.3 is 20.9 Å². The van der Waals surface area contributed by atoms with E-state index in [1.807, 2.05) is 6.92 Å². The summed E-state index contributed by atoms with van der Waals surface area (Å²) in [6.45, 7) is 2.28. The van der Waals surface area contributed by atoms with Gasteiger partial charge in [-0.3, -0.25) is 9.59 Å². The number of benzene rings is 1. The zero-order chi connectivity index (χ0) is 18.8. The van der Waals surface area contributed by atoms with Crippen LogP contribution in [0.3, 0.4) is 0 Å². The highest BCUT2D eigenvalue weighted by Gasteiger charge is 2.46. The Morgan fingerprint density at radius 3 is 2.85 bits per heavy atom. The van der Waals surface area contributed by atoms with Crippen molar-refractivity contribution in [1.82, 2.24) is 15.5 Å². The van der Waals surface area contributed by atoms with Gasteiger partial charge in [-0.15, -0.1) is 0 Å². The number of carbonyl (C=O) groups is 3. The van der Waals surface area contributed by atoms with Crippen LogP contribution >= 0.6 is 23.2 Å². The number of piperazine rings is 1. The van der Waals surface area contributed by atoms with E-state index in [9.17, 15) is 14.4 Å². The van der Waals surface area contributed by atoms with Crippen LogP contribution in [0.1, 0.15) is 26.2 Å². The first-order chi connectivity index (χ1) is 12.4. The Bertz CT molecular complexity index is 743. The Hall–Kier alpha value is -1.99. The van der Waals surface area contributed by atoms with Gasteiger partial charge in [0.1, 0.15) is 12.1 Å². The van der Waals surface area contributed by atoms with E-state index in [2.05, 4.69) is 16.0 Å². The largest absolute Gasteiger partial charge is 0.343 e. The zero-order valence-electron chi connectivity index (χ0n) is 14.2. The van der Waals surface area contributed by atoms with Crippen molar-refractivity contribution in [3.05, 3.63) is 28.2 Å². The summed E-state index contributed by atoms with van der Waals surface area (Å²) in [5, 5.41) is 9.03. The van der Waals surface area contributed by atoms with E-state index in [1.165, 1.54) is 0 Å². The Balaban J connectivity index is 1.62. The molecule has 9 heteroatoms. The number of nitrogens with zero attached hydrogens (tertiary/aromatic N) is 1. The van der Waals surface area contributed by atoms with Gasteiger partial charge in [0.2, 0.25) is 11.8 Å². The van der Waals surface area contributed by atoms with Crippen LogP contribution in [0.2, 0.25) is 10.0 Å². The minimum Gasteiger partial charge on any atom is -0.343 e. The van der Waals surface area contributed by atoms with Crippen LogP contribution in [0.4, 0.5) is 10.5 Å². The van der Waals surface area contributed by atoms with E-state index in [4.69, 9.17) is 23.2 Å². The summed E-state index contributed by atoms with van der Waals surface area (Å²) in [5.41, 5.74) is 0.393. The van der Waals surface area contributed by atoms with Crippen molar-refractivity contribution in [2.75, 3.05) is 11.9 Å². The van der Waals surface area contributed by atoms with Gasteiger partial charge in [0, 0.05) is 11.6 Å². The van der Waals surface area contributed by atoms with Crippen LogP contribution in [0, 0.1) is 0 Å². The molecule has 3 atom stereocenters. The molecule has 0 spiro atoms. The Morgan fingerprint density at radius 2 is 2.12 bits per heavy atom. The van der Waals surface area contributed by atoms with Crippen LogP contribution in [0.25, 0.3) is 0 Å². The SMILES string of the molecule is CCC[C@@H]1NC(=O)[C@@H]2C[C@H](NC(=O)Nc3cc(Cl)ccc3Cl)CN2C1=O. The molecule has 0 aromatic heterocycles. The molecule has 7 nitrogen and oxygen atoms in total. The highest BCUT2D eigenvalue weighted by Crippen LogP contribution is 2.26. The standard InChI is InChI=1S/C17H20Cl2N4O3/c1-2-3-12-16(25)23-8-10(7-14(23)15(24)21-12)20-17(26)22-13-6-9(18)4-5-11(13)19/h4-6,10,12,14H,2-3,7-8H2,1H3,(H,21,24)(H2,20,22,26)/t10-,12-,14-/m0/s1. The number of anilines is 1. The number of hydrogen-bond donors (Lipinski definition) is 3. The smallest absolute Gasteiger partial charge is 0.319 e. The number of hydrogen-bond acceptors (Lipinski definition) is 3. The van der Waals surface area contributed by atoms with Crippen LogP contribution in [0.5, 0.6) is 0 Å². The molecule has 1 aromatic rings. The fraction of sp³-hybridized carbons (Fsp3) is 0.471. The third-order valence-electron chi connectivity index (χ3n) is 4.59. The maximum atomic E-state index is 12.5. The second-order valence-electron chi connectivity index (χ2n) is 6.51. The van der Waals surface area contributed by atoms with Gasteiger partial charge in [0.25, 0.3) is 0 Å². The summed E-state index contributed by atoms with van der Waals surface area (Å²) in [4.78, 5) is 38.5. The predicted octanol–water partition coefficient (Wildman–Crippen LogP) is 2.38. The summed E-state index contributed by atoms with van der Waals surface area (Å²) in [5.74, 6) is -0.246. The van der Waals surface area contributed by atoms with Crippen molar-refractivity contribution < 1.29 is 14.4 Å². The van der Waals surface area contributed by atoms with E-state index in [0.29, 0.717) is 35.1 Å². The highest BCUT2D eigenvalue weighted by atomic mass is 35.5. The number of carbonyl (C=O) groups excluding carboxylic acids is 3. The lowest BCUT2D eigenvalue weighted by Crippen LogP contribution is -2.61. The molecule has 4 amide bonds. The molecule has 3 N–H and O–H groups in total. The minimum absolute atomic E-state index is 0.0842. The predicted molar refractivity (Wildman–Crippen MR) is 99.4 cm³/mol. The molecule has 26 heavy (non-hydrogen) atoms. The van der Waals surface area contributed by atoms with Gasteiger partial charge in [-0.05, 0) is 31.0 Å². The van der Waals surface area contributed by atoms with Crippen LogP contribution in [-0.4, -0.2) is 47.4 Å². The molecular formula is C17H20Cl2N4O3. The molecule has 0 radical (unpaired) electrons. The molecule has 0 bridgehead atoms. The lowest BCUT2D eigenvalue weighted by Gasteiger charge is -2.34. The lowest BCUT2D eigenvalue weighted by atomic mass is 10.0. The van der Waals surface area contributed by atoms with Crippen LogP contribution in [-0.2, 0) is 9.59 Å². The number of urea groups is 1.